The zero-order chi connectivity index (χ0) is 11.3. The van der Waals surface area contributed by atoms with Crippen LogP contribution in [-0.2, 0) is 0 Å². The molecule has 15 heavy (non-hydrogen) atoms. The van der Waals surface area contributed by atoms with Gasteiger partial charge in [0.05, 0.1) is 0 Å². The van der Waals surface area contributed by atoms with Crippen molar-refractivity contribution in [1.29, 1.82) is 0 Å². The van der Waals surface area contributed by atoms with E-state index in [-0.39, 0.29) is 18.6 Å². The minimum Gasteiger partial charge on any atom is -0.465 e. The summed E-state index contributed by atoms with van der Waals surface area (Å²) in [4.78, 5) is 12.1. The Morgan fingerprint density at radius 2 is 1.60 bits per heavy atom. The maximum atomic E-state index is 10.7. The number of carbonyl (C=O) groups is 1. The predicted octanol–water partition coefficient (Wildman–Crippen LogP) is 0.511. The first-order valence-electron chi connectivity index (χ1n) is 5.33. The lowest BCUT2D eigenvalue weighted by molar-refractivity contribution is 0.0524. The maximum absolute atomic E-state index is 10.7. The Bertz CT molecular complexity index is 203. The molecule has 0 aliphatic carbocycles. The molecule has 1 amide bonds. The van der Waals surface area contributed by atoms with Gasteiger partial charge in [-0.05, 0) is 31.1 Å². The summed E-state index contributed by atoms with van der Waals surface area (Å²) in [6.45, 7) is 1.23. The molecule has 0 atom stereocenters. The molecule has 1 aliphatic heterocycles. The highest BCUT2D eigenvalue weighted by Crippen LogP contribution is 2.37. The van der Waals surface area contributed by atoms with Crippen molar-refractivity contribution in [2.45, 2.75) is 25.7 Å². The first-order valence-corrected chi connectivity index (χ1v) is 5.33. The van der Waals surface area contributed by atoms with Gasteiger partial charge in [-0.3, -0.25) is 0 Å². The zero-order valence-corrected chi connectivity index (χ0v) is 8.85. The van der Waals surface area contributed by atoms with Crippen LogP contribution in [0, 0.1) is 5.41 Å². The lowest BCUT2D eigenvalue weighted by Gasteiger charge is -2.40. The molecule has 0 aromatic carbocycles. The van der Waals surface area contributed by atoms with E-state index in [0.717, 1.165) is 12.8 Å². The van der Waals surface area contributed by atoms with Crippen molar-refractivity contribution in [3.8, 4) is 0 Å². The average Bonchev–Trinajstić information content (AvgIpc) is 2.19. The van der Waals surface area contributed by atoms with Gasteiger partial charge in [0.25, 0.3) is 0 Å². The van der Waals surface area contributed by atoms with Crippen molar-refractivity contribution in [3.63, 3.8) is 0 Å². The van der Waals surface area contributed by atoms with Crippen LogP contribution < -0.4 is 0 Å². The molecule has 1 heterocycles. The molecular weight excluding hydrogens is 198 g/mol. The number of carboxylic acid groups (broad SMARTS) is 1. The van der Waals surface area contributed by atoms with Gasteiger partial charge < -0.3 is 20.2 Å². The number of aliphatic hydroxyl groups excluding tert-OH is 2. The molecule has 0 spiro atoms. The van der Waals surface area contributed by atoms with E-state index < -0.39 is 6.09 Å². The number of amides is 1. The van der Waals surface area contributed by atoms with Crippen LogP contribution in [0.1, 0.15) is 25.7 Å². The fraction of sp³-hybridized carbons (Fsp3) is 0.900. The van der Waals surface area contributed by atoms with Crippen molar-refractivity contribution >= 4 is 6.09 Å². The van der Waals surface area contributed by atoms with Gasteiger partial charge in [-0.25, -0.2) is 4.79 Å². The van der Waals surface area contributed by atoms with Crippen LogP contribution in [0.5, 0.6) is 0 Å². The maximum Gasteiger partial charge on any atom is 0.407 e. The molecule has 1 saturated heterocycles. The fourth-order valence-corrected chi connectivity index (χ4v) is 2.27. The highest BCUT2D eigenvalue weighted by molar-refractivity contribution is 5.65. The van der Waals surface area contributed by atoms with E-state index in [1.165, 1.54) is 4.90 Å². The lowest BCUT2D eigenvalue weighted by atomic mass is 9.73. The molecule has 0 bridgehead atoms. The number of aliphatic hydroxyl groups is 2. The first-order chi connectivity index (χ1) is 7.13. The van der Waals surface area contributed by atoms with Crippen LogP contribution in [0.4, 0.5) is 4.79 Å². The summed E-state index contributed by atoms with van der Waals surface area (Å²) in [5.41, 5.74) is -0.0601. The lowest BCUT2D eigenvalue weighted by Crippen LogP contribution is -2.43. The first kappa shape index (κ1) is 12.3. The Morgan fingerprint density at radius 1 is 1.13 bits per heavy atom. The predicted molar refractivity (Wildman–Crippen MR) is 54.7 cm³/mol. The topological polar surface area (TPSA) is 81.0 Å². The number of rotatable bonds is 4. The second-order valence-corrected chi connectivity index (χ2v) is 4.22. The summed E-state index contributed by atoms with van der Waals surface area (Å²) in [6.07, 6.45) is 1.90. The van der Waals surface area contributed by atoms with E-state index in [1.807, 2.05) is 0 Å². The summed E-state index contributed by atoms with van der Waals surface area (Å²) in [5, 5.41) is 26.7. The summed E-state index contributed by atoms with van der Waals surface area (Å²) < 4.78 is 0. The zero-order valence-electron chi connectivity index (χ0n) is 8.85. The van der Waals surface area contributed by atoms with Crippen molar-refractivity contribution in [3.05, 3.63) is 0 Å². The van der Waals surface area contributed by atoms with Gasteiger partial charge in [0, 0.05) is 26.3 Å². The van der Waals surface area contributed by atoms with Crippen LogP contribution in [0.2, 0.25) is 0 Å². The van der Waals surface area contributed by atoms with E-state index in [1.54, 1.807) is 0 Å². The third kappa shape index (κ3) is 3.07. The van der Waals surface area contributed by atoms with Crippen LogP contribution in [0.15, 0.2) is 0 Å². The van der Waals surface area contributed by atoms with Gasteiger partial charge in [-0.15, -0.1) is 0 Å². The molecule has 1 rings (SSSR count). The SMILES string of the molecule is O=C(O)N1CCC(CCO)(CCO)CC1. The number of hydrogen-bond donors (Lipinski definition) is 3. The minimum absolute atomic E-state index is 0.0601. The molecule has 1 aliphatic rings. The van der Waals surface area contributed by atoms with Crippen molar-refractivity contribution in [2.75, 3.05) is 26.3 Å². The standard InChI is InChI=1S/C10H19NO4/c12-7-3-10(4-8-13)1-5-11(6-2-10)9(14)15/h12-13H,1-8H2,(H,14,15). The second kappa shape index (κ2) is 5.32. The van der Waals surface area contributed by atoms with E-state index >= 15 is 0 Å². The van der Waals surface area contributed by atoms with Crippen molar-refractivity contribution in [1.82, 2.24) is 4.90 Å². The summed E-state index contributed by atoms with van der Waals surface area (Å²) in [5.74, 6) is 0. The van der Waals surface area contributed by atoms with Gasteiger partial charge in [0.1, 0.15) is 0 Å². The molecule has 88 valence electrons. The Morgan fingerprint density at radius 3 is 1.93 bits per heavy atom. The van der Waals surface area contributed by atoms with E-state index in [0.29, 0.717) is 25.9 Å². The molecule has 5 heteroatoms. The number of piperidine rings is 1. The van der Waals surface area contributed by atoms with Crippen molar-refractivity contribution < 1.29 is 20.1 Å². The fourth-order valence-electron chi connectivity index (χ4n) is 2.27. The Balaban J connectivity index is 2.52. The molecule has 0 unspecified atom stereocenters. The third-order valence-electron chi connectivity index (χ3n) is 3.38. The van der Waals surface area contributed by atoms with E-state index in [2.05, 4.69) is 0 Å². The molecule has 0 aromatic rings. The average molecular weight is 217 g/mol. The van der Waals surface area contributed by atoms with Gasteiger partial charge >= 0.3 is 6.09 Å². The van der Waals surface area contributed by atoms with Gasteiger partial charge in [0.15, 0.2) is 0 Å². The van der Waals surface area contributed by atoms with Crippen LogP contribution in [-0.4, -0.2) is 52.6 Å². The highest BCUT2D eigenvalue weighted by atomic mass is 16.4. The Hall–Kier alpha value is -0.810. The smallest absolute Gasteiger partial charge is 0.407 e. The largest absolute Gasteiger partial charge is 0.465 e. The molecule has 0 aromatic heterocycles. The summed E-state index contributed by atoms with van der Waals surface area (Å²) >= 11 is 0. The second-order valence-electron chi connectivity index (χ2n) is 4.22. The van der Waals surface area contributed by atoms with Gasteiger partial charge in [-0.2, -0.15) is 0 Å². The quantitative estimate of drug-likeness (QED) is 0.641. The monoisotopic (exact) mass is 217 g/mol. The van der Waals surface area contributed by atoms with Gasteiger partial charge in [0.2, 0.25) is 0 Å². The summed E-state index contributed by atoms with van der Waals surface area (Å²) in [6, 6.07) is 0. The summed E-state index contributed by atoms with van der Waals surface area (Å²) in [7, 11) is 0. The molecule has 1 fully saturated rings. The van der Waals surface area contributed by atoms with Crippen LogP contribution >= 0.6 is 0 Å². The molecule has 0 radical (unpaired) electrons. The van der Waals surface area contributed by atoms with Crippen LogP contribution in [0.25, 0.3) is 0 Å². The molecule has 0 saturated carbocycles. The van der Waals surface area contributed by atoms with Gasteiger partial charge in [-0.1, -0.05) is 0 Å². The minimum atomic E-state index is -0.878. The molecule has 5 nitrogen and oxygen atoms in total. The normalized spacial score (nSPS) is 20.3. The van der Waals surface area contributed by atoms with E-state index in [9.17, 15) is 4.79 Å². The Labute approximate surface area is 89.3 Å². The Kier molecular flexibility index (Phi) is 4.35. The number of hydrogen-bond acceptors (Lipinski definition) is 3. The molecular formula is C10H19NO4. The highest BCUT2D eigenvalue weighted by Gasteiger charge is 2.34. The van der Waals surface area contributed by atoms with E-state index in [4.69, 9.17) is 15.3 Å². The number of likely N-dealkylation sites (tertiary alicyclic amines) is 1. The van der Waals surface area contributed by atoms with Crippen LogP contribution in [0.3, 0.4) is 0 Å². The number of nitrogens with zero attached hydrogens (tertiary/aromatic N) is 1. The van der Waals surface area contributed by atoms with Crippen molar-refractivity contribution in [2.24, 2.45) is 5.41 Å². The third-order valence-corrected chi connectivity index (χ3v) is 3.38. The molecule has 3 N–H and O–H groups in total.